The van der Waals surface area contributed by atoms with Crippen molar-refractivity contribution in [1.29, 1.82) is 0 Å². The van der Waals surface area contributed by atoms with E-state index in [1.54, 1.807) is 0 Å². The number of ether oxygens (including phenoxy) is 1. The summed E-state index contributed by atoms with van der Waals surface area (Å²) in [6.07, 6.45) is 3.89. The first-order chi connectivity index (χ1) is 12.6. The molecular formula is C21H23ClN2O2. The minimum atomic E-state index is -0.381. The average molecular weight is 371 g/mol. The number of hydrogen-bond acceptors (Lipinski definition) is 3. The van der Waals surface area contributed by atoms with Gasteiger partial charge < -0.3 is 9.64 Å². The Morgan fingerprint density at radius 2 is 1.85 bits per heavy atom. The van der Waals surface area contributed by atoms with Crippen molar-refractivity contribution in [3.8, 4) is 11.1 Å². The van der Waals surface area contributed by atoms with Gasteiger partial charge in [0, 0.05) is 35.5 Å². The van der Waals surface area contributed by atoms with Crippen LogP contribution in [0.25, 0.3) is 11.1 Å². The number of amides is 1. The molecule has 26 heavy (non-hydrogen) atoms. The Morgan fingerprint density at radius 3 is 2.58 bits per heavy atom. The van der Waals surface area contributed by atoms with E-state index in [1.165, 1.54) is 12.8 Å². The normalized spacial score (nSPS) is 25.1. The summed E-state index contributed by atoms with van der Waals surface area (Å²) in [5.41, 5.74) is 2.62. The maximum Gasteiger partial charge on any atom is 0.411 e. The van der Waals surface area contributed by atoms with Crippen LogP contribution < -0.4 is 5.32 Å². The molecule has 2 unspecified atom stereocenters. The molecule has 2 heterocycles. The first-order valence-electron chi connectivity index (χ1n) is 9.14. The molecule has 2 fully saturated rings. The Hall–Kier alpha value is -2.04. The highest BCUT2D eigenvalue weighted by Gasteiger charge is 2.39. The third kappa shape index (κ3) is 3.57. The van der Waals surface area contributed by atoms with E-state index in [-0.39, 0.29) is 12.2 Å². The van der Waals surface area contributed by atoms with E-state index in [2.05, 4.69) is 17.3 Å². The van der Waals surface area contributed by atoms with E-state index in [0.29, 0.717) is 17.1 Å². The van der Waals surface area contributed by atoms with Crippen molar-refractivity contribution in [2.24, 2.45) is 0 Å². The topological polar surface area (TPSA) is 41.6 Å². The fraction of sp³-hybridized carbons (Fsp3) is 0.381. The van der Waals surface area contributed by atoms with Gasteiger partial charge >= 0.3 is 6.09 Å². The number of nitrogens with one attached hydrogen (secondary N) is 1. The van der Waals surface area contributed by atoms with Gasteiger partial charge in [0.15, 0.2) is 0 Å². The monoisotopic (exact) mass is 370 g/mol. The number of hydrogen-bond donors (Lipinski definition) is 1. The Balaban J connectivity index is 1.45. The molecule has 1 N–H and O–H groups in total. The molecule has 4 nitrogen and oxygen atoms in total. The van der Waals surface area contributed by atoms with E-state index in [9.17, 15) is 4.79 Å². The fourth-order valence-electron chi connectivity index (χ4n) is 4.25. The summed E-state index contributed by atoms with van der Waals surface area (Å²) in [6.45, 7) is 0. The second-order valence-electron chi connectivity index (χ2n) is 7.23. The molecule has 0 spiro atoms. The van der Waals surface area contributed by atoms with Crippen LogP contribution in [0.15, 0.2) is 48.5 Å². The minimum Gasteiger partial charge on any atom is -0.446 e. The van der Waals surface area contributed by atoms with E-state index in [1.807, 2.05) is 48.5 Å². The lowest BCUT2D eigenvalue weighted by Gasteiger charge is -2.35. The fourth-order valence-corrected chi connectivity index (χ4v) is 4.44. The summed E-state index contributed by atoms with van der Waals surface area (Å²) in [4.78, 5) is 14.9. The quantitative estimate of drug-likeness (QED) is 0.809. The van der Waals surface area contributed by atoms with Gasteiger partial charge in [0.1, 0.15) is 6.10 Å². The molecule has 5 heteroatoms. The maximum atomic E-state index is 12.5. The summed E-state index contributed by atoms with van der Waals surface area (Å²) in [7, 11) is 2.18. The van der Waals surface area contributed by atoms with Gasteiger partial charge in [0.2, 0.25) is 0 Å². The molecule has 4 rings (SSSR count). The number of anilines is 1. The highest BCUT2D eigenvalue weighted by molar-refractivity contribution is 6.30. The van der Waals surface area contributed by atoms with Crippen LogP contribution in [0.4, 0.5) is 10.5 Å². The van der Waals surface area contributed by atoms with Gasteiger partial charge in [-0.15, -0.1) is 0 Å². The Labute approximate surface area is 159 Å². The third-order valence-electron chi connectivity index (χ3n) is 5.63. The lowest BCUT2D eigenvalue weighted by Crippen LogP contribution is -2.43. The first-order valence-corrected chi connectivity index (χ1v) is 9.52. The van der Waals surface area contributed by atoms with Gasteiger partial charge in [-0.05, 0) is 43.7 Å². The Morgan fingerprint density at radius 1 is 1.12 bits per heavy atom. The standard InChI is InChI=1S/C21H23ClN2O2/c1-24-16-9-10-17(24)13-18(12-16)26-21(25)23-20-8-3-2-7-19(20)14-5-4-6-15(22)11-14/h2-8,11,16-18H,9-10,12-13H2,1H3,(H,23,25). The largest absolute Gasteiger partial charge is 0.446 e. The van der Waals surface area contributed by atoms with Crippen molar-refractivity contribution in [2.75, 3.05) is 12.4 Å². The molecule has 1 amide bonds. The van der Waals surface area contributed by atoms with E-state index >= 15 is 0 Å². The van der Waals surface area contributed by atoms with Crippen LogP contribution in [0.2, 0.25) is 5.02 Å². The van der Waals surface area contributed by atoms with Gasteiger partial charge in [-0.2, -0.15) is 0 Å². The predicted octanol–water partition coefficient (Wildman–Crippen LogP) is 5.18. The van der Waals surface area contributed by atoms with Crippen molar-refractivity contribution < 1.29 is 9.53 Å². The Bertz CT molecular complexity index is 796. The highest BCUT2D eigenvalue weighted by Crippen LogP contribution is 2.36. The van der Waals surface area contributed by atoms with Crippen LogP contribution in [-0.4, -0.2) is 36.2 Å². The van der Waals surface area contributed by atoms with Crippen LogP contribution in [0.3, 0.4) is 0 Å². The summed E-state index contributed by atoms with van der Waals surface area (Å²) in [6, 6.07) is 16.4. The van der Waals surface area contributed by atoms with Crippen molar-refractivity contribution in [3.05, 3.63) is 53.6 Å². The van der Waals surface area contributed by atoms with Gasteiger partial charge in [0.25, 0.3) is 0 Å². The molecule has 2 aliphatic heterocycles. The Kier molecular flexibility index (Phi) is 4.88. The number of fused-ring (bicyclic) bond motifs is 2. The number of benzene rings is 2. The van der Waals surface area contributed by atoms with Crippen LogP contribution in [0.1, 0.15) is 25.7 Å². The van der Waals surface area contributed by atoms with Crippen LogP contribution in [0.5, 0.6) is 0 Å². The molecule has 2 aliphatic rings. The third-order valence-corrected chi connectivity index (χ3v) is 5.86. The van der Waals surface area contributed by atoms with Crippen molar-refractivity contribution in [1.82, 2.24) is 4.90 Å². The molecule has 2 saturated heterocycles. The van der Waals surface area contributed by atoms with Gasteiger partial charge in [-0.1, -0.05) is 41.9 Å². The zero-order chi connectivity index (χ0) is 18.1. The lowest BCUT2D eigenvalue weighted by molar-refractivity contribution is 0.0348. The van der Waals surface area contributed by atoms with Crippen molar-refractivity contribution in [3.63, 3.8) is 0 Å². The van der Waals surface area contributed by atoms with Crippen molar-refractivity contribution in [2.45, 2.75) is 43.9 Å². The number of rotatable bonds is 3. The molecule has 2 bridgehead atoms. The van der Waals surface area contributed by atoms with Gasteiger partial charge in [-0.3, -0.25) is 5.32 Å². The predicted molar refractivity (Wildman–Crippen MR) is 105 cm³/mol. The van der Waals surface area contributed by atoms with Crippen molar-refractivity contribution >= 4 is 23.4 Å². The molecule has 136 valence electrons. The minimum absolute atomic E-state index is 0.00188. The SMILES string of the molecule is CN1C2CCC1CC(OC(=O)Nc1ccccc1-c1cccc(Cl)c1)C2. The van der Waals surface area contributed by atoms with Gasteiger partial charge in [-0.25, -0.2) is 4.79 Å². The summed E-state index contributed by atoms with van der Waals surface area (Å²) >= 11 is 6.11. The molecule has 0 saturated carbocycles. The summed E-state index contributed by atoms with van der Waals surface area (Å²) in [5, 5.41) is 3.59. The smallest absolute Gasteiger partial charge is 0.411 e. The molecule has 2 aromatic carbocycles. The van der Waals surface area contributed by atoms with Crippen LogP contribution in [0, 0.1) is 0 Å². The molecule has 0 aromatic heterocycles. The van der Waals surface area contributed by atoms with Gasteiger partial charge in [0.05, 0.1) is 5.69 Å². The number of halogens is 1. The van der Waals surface area contributed by atoms with Crippen LogP contribution >= 0.6 is 11.6 Å². The van der Waals surface area contributed by atoms with E-state index in [4.69, 9.17) is 16.3 Å². The zero-order valence-corrected chi connectivity index (χ0v) is 15.6. The molecule has 0 radical (unpaired) electrons. The molecule has 0 aliphatic carbocycles. The molecule has 2 aromatic rings. The second kappa shape index (κ2) is 7.29. The van der Waals surface area contributed by atoms with E-state index in [0.717, 1.165) is 29.7 Å². The average Bonchev–Trinajstić information content (AvgIpc) is 2.83. The number of piperidine rings is 1. The highest BCUT2D eigenvalue weighted by atomic mass is 35.5. The summed E-state index contributed by atoms with van der Waals surface area (Å²) in [5.74, 6) is 0. The number of carbonyl (C=O) groups is 1. The number of para-hydroxylation sites is 1. The number of nitrogens with zero attached hydrogens (tertiary/aromatic N) is 1. The second-order valence-corrected chi connectivity index (χ2v) is 7.67. The zero-order valence-electron chi connectivity index (χ0n) is 14.8. The molecular weight excluding hydrogens is 348 g/mol. The number of carbonyl (C=O) groups excluding carboxylic acids is 1. The first kappa shape index (κ1) is 17.4. The van der Waals surface area contributed by atoms with E-state index < -0.39 is 0 Å². The lowest BCUT2D eigenvalue weighted by atomic mass is 10.0. The maximum absolute atomic E-state index is 12.5. The van der Waals surface area contributed by atoms with Crippen LogP contribution in [-0.2, 0) is 4.74 Å². The molecule has 2 atom stereocenters. The summed E-state index contributed by atoms with van der Waals surface area (Å²) < 4.78 is 5.74.